The smallest absolute Gasteiger partial charge is 0.257 e. The van der Waals surface area contributed by atoms with E-state index in [2.05, 4.69) is 25.2 Å². The van der Waals surface area contributed by atoms with Gasteiger partial charge in [-0.05, 0) is 43.3 Å². The zero-order valence-corrected chi connectivity index (χ0v) is 18.1. The van der Waals surface area contributed by atoms with Crippen molar-refractivity contribution in [2.75, 3.05) is 37.7 Å². The summed E-state index contributed by atoms with van der Waals surface area (Å²) < 4.78 is 20.5. The number of aromatic nitrogens is 5. The molecule has 0 aliphatic carbocycles. The molecule has 0 radical (unpaired) electrons. The lowest BCUT2D eigenvalue weighted by Crippen LogP contribution is -2.49. The zero-order chi connectivity index (χ0) is 22.8. The molecule has 2 aromatic heterocycles. The van der Waals surface area contributed by atoms with Crippen molar-refractivity contribution in [3.63, 3.8) is 0 Å². The van der Waals surface area contributed by atoms with Gasteiger partial charge >= 0.3 is 0 Å². The quantitative estimate of drug-likeness (QED) is 0.465. The Labute approximate surface area is 189 Å². The molecule has 33 heavy (non-hydrogen) atoms. The molecule has 9 nitrogen and oxygen atoms in total. The predicted octanol–water partition coefficient (Wildman–Crippen LogP) is 2.71. The van der Waals surface area contributed by atoms with Gasteiger partial charge in [0.1, 0.15) is 17.9 Å². The zero-order valence-electron chi connectivity index (χ0n) is 18.1. The van der Waals surface area contributed by atoms with Gasteiger partial charge in [0, 0.05) is 26.2 Å². The molecule has 5 rings (SSSR count). The summed E-state index contributed by atoms with van der Waals surface area (Å²) in [6, 6.07) is 13.3. The molecule has 0 N–H and O–H groups in total. The standard InChI is InChI=1S/C23H22FN7O2/c1-2-33-19-6-4-3-5-18(19)23(32)30-13-11-29(12-14-30)21-20-22(26-15-25-21)31(28-27-20)17-9-7-16(24)8-10-17/h3-10,15H,2,11-14H2,1H3. The fourth-order valence-electron chi connectivity index (χ4n) is 3.94. The first-order chi connectivity index (χ1) is 16.2. The highest BCUT2D eigenvalue weighted by Gasteiger charge is 2.26. The molecule has 1 fully saturated rings. The Morgan fingerprint density at radius 1 is 1.03 bits per heavy atom. The maximum atomic E-state index is 13.3. The predicted molar refractivity (Wildman–Crippen MR) is 120 cm³/mol. The van der Waals surface area contributed by atoms with Crippen molar-refractivity contribution in [1.29, 1.82) is 0 Å². The molecule has 1 aliphatic rings. The Bertz CT molecular complexity index is 1280. The molecule has 4 aromatic rings. The van der Waals surface area contributed by atoms with Gasteiger partial charge in [-0.3, -0.25) is 4.79 Å². The summed E-state index contributed by atoms with van der Waals surface area (Å²) in [4.78, 5) is 25.7. The third-order valence-electron chi connectivity index (χ3n) is 5.57. The van der Waals surface area contributed by atoms with Crippen LogP contribution in [0.4, 0.5) is 10.2 Å². The van der Waals surface area contributed by atoms with Crippen LogP contribution in [0.1, 0.15) is 17.3 Å². The van der Waals surface area contributed by atoms with E-state index in [1.54, 1.807) is 22.9 Å². The second-order valence-corrected chi connectivity index (χ2v) is 7.56. The lowest BCUT2D eigenvalue weighted by molar-refractivity contribution is 0.0742. The highest BCUT2D eigenvalue weighted by Crippen LogP contribution is 2.25. The second-order valence-electron chi connectivity index (χ2n) is 7.56. The number of hydrogen-bond donors (Lipinski definition) is 0. The van der Waals surface area contributed by atoms with Gasteiger partial charge < -0.3 is 14.5 Å². The first-order valence-corrected chi connectivity index (χ1v) is 10.7. The molecule has 3 heterocycles. The molecule has 0 unspecified atom stereocenters. The van der Waals surface area contributed by atoms with Crippen LogP contribution in [0.3, 0.4) is 0 Å². The van der Waals surface area contributed by atoms with Crippen molar-refractivity contribution >= 4 is 22.9 Å². The van der Waals surface area contributed by atoms with E-state index in [9.17, 15) is 9.18 Å². The summed E-state index contributed by atoms with van der Waals surface area (Å²) in [5.74, 6) is 0.890. The Balaban J connectivity index is 1.35. The number of benzene rings is 2. The molecular weight excluding hydrogens is 425 g/mol. The van der Waals surface area contributed by atoms with Crippen LogP contribution in [-0.4, -0.2) is 68.6 Å². The van der Waals surface area contributed by atoms with Crippen molar-refractivity contribution in [1.82, 2.24) is 29.9 Å². The number of ether oxygens (including phenoxy) is 1. The Kier molecular flexibility index (Phi) is 5.55. The normalized spacial score (nSPS) is 14.0. The van der Waals surface area contributed by atoms with E-state index in [4.69, 9.17) is 4.74 Å². The van der Waals surface area contributed by atoms with Gasteiger partial charge in [0.2, 0.25) is 0 Å². The number of halogens is 1. The van der Waals surface area contributed by atoms with Gasteiger partial charge in [0.05, 0.1) is 17.9 Å². The van der Waals surface area contributed by atoms with E-state index in [-0.39, 0.29) is 11.7 Å². The molecule has 1 aliphatic heterocycles. The van der Waals surface area contributed by atoms with E-state index in [0.29, 0.717) is 66.8 Å². The average molecular weight is 447 g/mol. The molecular formula is C23H22FN7O2. The number of carbonyl (C=O) groups excluding carboxylic acids is 1. The van der Waals surface area contributed by atoms with Gasteiger partial charge in [0.25, 0.3) is 5.91 Å². The van der Waals surface area contributed by atoms with E-state index in [1.807, 2.05) is 30.0 Å². The number of anilines is 1. The molecule has 168 valence electrons. The molecule has 1 saturated heterocycles. The van der Waals surface area contributed by atoms with Gasteiger partial charge in [-0.15, -0.1) is 5.10 Å². The average Bonchev–Trinajstić information content (AvgIpc) is 3.29. The van der Waals surface area contributed by atoms with E-state index in [1.165, 1.54) is 18.5 Å². The van der Waals surface area contributed by atoms with Crippen molar-refractivity contribution in [3.05, 3.63) is 66.2 Å². The van der Waals surface area contributed by atoms with Crippen molar-refractivity contribution in [2.24, 2.45) is 0 Å². The molecule has 10 heteroatoms. The van der Waals surface area contributed by atoms with Crippen molar-refractivity contribution in [3.8, 4) is 11.4 Å². The highest BCUT2D eigenvalue weighted by atomic mass is 19.1. The van der Waals surface area contributed by atoms with Gasteiger partial charge in [-0.2, -0.15) is 4.68 Å². The summed E-state index contributed by atoms with van der Waals surface area (Å²) in [5, 5.41) is 8.48. The third-order valence-corrected chi connectivity index (χ3v) is 5.57. The first-order valence-electron chi connectivity index (χ1n) is 10.7. The first kappa shape index (κ1) is 20.8. The second kappa shape index (κ2) is 8.81. The van der Waals surface area contributed by atoms with Gasteiger partial charge in [0.15, 0.2) is 17.0 Å². The number of para-hydroxylation sites is 1. The lowest BCUT2D eigenvalue weighted by Gasteiger charge is -2.35. The monoisotopic (exact) mass is 447 g/mol. The number of hydrogen-bond acceptors (Lipinski definition) is 7. The Hall–Kier alpha value is -4.08. The van der Waals surface area contributed by atoms with Crippen LogP contribution in [0, 0.1) is 5.82 Å². The third kappa shape index (κ3) is 3.95. The van der Waals surface area contributed by atoms with Crippen molar-refractivity contribution < 1.29 is 13.9 Å². The fraction of sp³-hybridized carbons (Fsp3) is 0.261. The van der Waals surface area contributed by atoms with Gasteiger partial charge in [-0.1, -0.05) is 17.3 Å². The van der Waals surface area contributed by atoms with Gasteiger partial charge in [-0.25, -0.2) is 14.4 Å². The molecule has 2 aromatic carbocycles. The minimum atomic E-state index is -0.324. The number of amides is 1. The Morgan fingerprint density at radius 2 is 1.79 bits per heavy atom. The molecule has 0 bridgehead atoms. The SMILES string of the molecule is CCOc1ccccc1C(=O)N1CCN(c2ncnc3c2nnn3-c2ccc(F)cc2)CC1. The van der Waals surface area contributed by atoms with Crippen LogP contribution in [0.5, 0.6) is 5.75 Å². The number of piperazine rings is 1. The Morgan fingerprint density at radius 3 is 2.55 bits per heavy atom. The summed E-state index contributed by atoms with van der Waals surface area (Å²) in [7, 11) is 0. The topological polar surface area (TPSA) is 89.3 Å². The largest absolute Gasteiger partial charge is 0.493 e. The fourth-order valence-corrected chi connectivity index (χ4v) is 3.94. The van der Waals surface area contributed by atoms with E-state index in [0.717, 1.165) is 0 Å². The summed E-state index contributed by atoms with van der Waals surface area (Å²) in [5.41, 5.74) is 2.32. The maximum Gasteiger partial charge on any atom is 0.257 e. The number of rotatable bonds is 5. The number of carbonyl (C=O) groups is 1. The van der Waals surface area contributed by atoms with E-state index < -0.39 is 0 Å². The summed E-state index contributed by atoms with van der Waals surface area (Å²) >= 11 is 0. The lowest BCUT2D eigenvalue weighted by atomic mass is 10.1. The summed E-state index contributed by atoms with van der Waals surface area (Å²) in [6.45, 7) is 4.67. The minimum absolute atomic E-state index is 0.0474. The van der Waals surface area contributed by atoms with Crippen LogP contribution in [-0.2, 0) is 0 Å². The summed E-state index contributed by atoms with van der Waals surface area (Å²) in [6.07, 6.45) is 1.47. The molecule has 0 atom stereocenters. The molecule has 0 saturated carbocycles. The minimum Gasteiger partial charge on any atom is -0.493 e. The highest BCUT2D eigenvalue weighted by molar-refractivity contribution is 5.97. The maximum absolute atomic E-state index is 13.3. The van der Waals surface area contributed by atoms with Crippen LogP contribution in [0.15, 0.2) is 54.9 Å². The number of nitrogens with zero attached hydrogens (tertiary/aromatic N) is 7. The van der Waals surface area contributed by atoms with Crippen LogP contribution < -0.4 is 9.64 Å². The number of fused-ring (bicyclic) bond motifs is 1. The van der Waals surface area contributed by atoms with E-state index >= 15 is 0 Å². The molecule has 0 spiro atoms. The van der Waals surface area contributed by atoms with Crippen LogP contribution >= 0.6 is 0 Å². The van der Waals surface area contributed by atoms with Crippen LogP contribution in [0.2, 0.25) is 0 Å². The van der Waals surface area contributed by atoms with Crippen LogP contribution in [0.25, 0.3) is 16.9 Å². The van der Waals surface area contributed by atoms with Crippen molar-refractivity contribution in [2.45, 2.75) is 6.92 Å². The molecule has 1 amide bonds.